The van der Waals surface area contributed by atoms with Crippen molar-refractivity contribution in [3.8, 4) is 0 Å². The van der Waals surface area contributed by atoms with E-state index in [1.165, 1.54) is 7.11 Å². The molecule has 7 nitrogen and oxygen atoms in total. The van der Waals surface area contributed by atoms with Gasteiger partial charge in [0.05, 0.1) is 18.3 Å². The minimum Gasteiger partial charge on any atom is -0.480 e. The molecule has 1 saturated carbocycles. The molecule has 21 heavy (non-hydrogen) atoms. The van der Waals surface area contributed by atoms with Gasteiger partial charge >= 0.3 is 11.9 Å². The lowest BCUT2D eigenvalue weighted by molar-refractivity contribution is -0.151. The number of carbonyl (C=O) groups excluding carboxylic acids is 1. The van der Waals surface area contributed by atoms with E-state index < -0.39 is 39.2 Å². The zero-order chi connectivity index (χ0) is 16.1. The molecular formula is C13H23NO6S. The first kappa shape index (κ1) is 17.9. The van der Waals surface area contributed by atoms with Crippen LogP contribution in [0.1, 0.15) is 45.4 Å². The molecule has 1 rings (SSSR count). The van der Waals surface area contributed by atoms with Gasteiger partial charge in [-0.2, -0.15) is 0 Å². The monoisotopic (exact) mass is 321 g/mol. The number of esters is 1. The van der Waals surface area contributed by atoms with Crippen molar-refractivity contribution in [1.29, 1.82) is 0 Å². The highest BCUT2D eigenvalue weighted by Crippen LogP contribution is 2.40. The van der Waals surface area contributed by atoms with Crippen LogP contribution in [0.15, 0.2) is 0 Å². The highest BCUT2D eigenvalue weighted by atomic mass is 32.2. The molecule has 1 atom stereocenters. The van der Waals surface area contributed by atoms with E-state index in [0.29, 0.717) is 19.3 Å². The Bertz CT molecular complexity index is 481. The fourth-order valence-electron chi connectivity index (χ4n) is 2.82. The molecule has 0 aromatic rings. The summed E-state index contributed by atoms with van der Waals surface area (Å²) in [5.74, 6) is -2.16. The number of aliphatic carboxylic acids is 1. The SMILES string of the molecule is CCCC(NS(=O)(=O)CC1(C(=O)OC)CCCC1)C(=O)O. The zero-order valence-electron chi connectivity index (χ0n) is 12.4. The Hall–Kier alpha value is -1.15. The second kappa shape index (κ2) is 7.22. The minimum atomic E-state index is -3.88. The van der Waals surface area contributed by atoms with E-state index in [0.717, 1.165) is 12.8 Å². The van der Waals surface area contributed by atoms with Crippen LogP contribution in [-0.2, 0) is 24.3 Å². The molecule has 1 unspecified atom stereocenters. The summed E-state index contributed by atoms with van der Waals surface area (Å²) < 4.78 is 31.4. The molecule has 122 valence electrons. The number of hydrogen-bond donors (Lipinski definition) is 2. The molecule has 0 aromatic carbocycles. The molecular weight excluding hydrogens is 298 g/mol. The van der Waals surface area contributed by atoms with Crippen molar-refractivity contribution >= 4 is 22.0 Å². The van der Waals surface area contributed by atoms with Crippen molar-refractivity contribution < 1.29 is 27.9 Å². The van der Waals surface area contributed by atoms with Gasteiger partial charge in [0.2, 0.25) is 10.0 Å². The lowest BCUT2D eigenvalue weighted by atomic mass is 9.89. The van der Waals surface area contributed by atoms with Crippen LogP contribution < -0.4 is 4.72 Å². The largest absolute Gasteiger partial charge is 0.480 e. The van der Waals surface area contributed by atoms with Gasteiger partial charge in [-0.05, 0) is 19.3 Å². The maximum atomic E-state index is 12.2. The number of nitrogens with one attached hydrogen (secondary N) is 1. The van der Waals surface area contributed by atoms with Gasteiger partial charge in [-0.25, -0.2) is 13.1 Å². The van der Waals surface area contributed by atoms with Crippen LogP contribution in [0.4, 0.5) is 0 Å². The van der Waals surface area contributed by atoms with Crippen LogP contribution in [0.2, 0.25) is 0 Å². The van der Waals surface area contributed by atoms with Crippen molar-refractivity contribution in [2.24, 2.45) is 5.41 Å². The summed E-state index contributed by atoms with van der Waals surface area (Å²) in [6.45, 7) is 1.77. The van der Waals surface area contributed by atoms with Crippen LogP contribution in [0, 0.1) is 5.41 Å². The molecule has 0 bridgehead atoms. The van der Waals surface area contributed by atoms with Crippen LogP contribution in [0.25, 0.3) is 0 Å². The number of ether oxygens (including phenoxy) is 1. The first-order valence-corrected chi connectivity index (χ1v) is 8.73. The van der Waals surface area contributed by atoms with Crippen LogP contribution >= 0.6 is 0 Å². The summed E-state index contributed by atoms with van der Waals surface area (Å²) in [6.07, 6.45) is 3.18. The van der Waals surface area contributed by atoms with Gasteiger partial charge in [0, 0.05) is 0 Å². The number of rotatable bonds is 8. The fourth-order valence-corrected chi connectivity index (χ4v) is 4.69. The van der Waals surface area contributed by atoms with Gasteiger partial charge in [0.15, 0.2) is 0 Å². The second-order valence-corrected chi connectivity index (χ2v) is 7.29. The van der Waals surface area contributed by atoms with E-state index in [-0.39, 0.29) is 6.42 Å². The fraction of sp³-hybridized carbons (Fsp3) is 0.846. The summed E-state index contributed by atoms with van der Waals surface area (Å²) in [5.41, 5.74) is -1.05. The summed E-state index contributed by atoms with van der Waals surface area (Å²) in [6, 6.07) is -1.16. The van der Waals surface area contributed by atoms with Gasteiger partial charge in [-0.1, -0.05) is 26.2 Å². The van der Waals surface area contributed by atoms with Crippen molar-refractivity contribution in [3.05, 3.63) is 0 Å². The number of carboxylic acids is 1. The smallest absolute Gasteiger partial charge is 0.321 e. The predicted molar refractivity (Wildman–Crippen MR) is 76.2 cm³/mol. The Morgan fingerprint density at radius 3 is 2.33 bits per heavy atom. The van der Waals surface area contributed by atoms with Crippen LogP contribution in [-0.4, -0.2) is 44.4 Å². The molecule has 0 aromatic heterocycles. The lowest BCUT2D eigenvalue weighted by Crippen LogP contribution is -2.46. The molecule has 0 amide bonds. The molecule has 8 heteroatoms. The zero-order valence-corrected chi connectivity index (χ0v) is 13.2. The Morgan fingerprint density at radius 2 is 1.90 bits per heavy atom. The van der Waals surface area contributed by atoms with E-state index in [1.807, 2.05) is 0 Å². The summed E-state index contributed by atoms with van der Waals surface area (Å²) in [5, 5.41) is 9.03. The molecule has 2 N–H and O–H groups in total. The van der Waals surface area contributed by atoms with Gasteiger partial charge in [0.25, 0.3) is 0 Å². The standard InChI is InChI=1S/C13H23NO6S/c1-3-6-10(11(15)16)14-21(18,19)9-13(12(17)20-2)7-4-5-8-13/h10,14H,3-9H2,1-2H3,(H,15,16). The van der Waals surface area contributed by atoms with Crippen LogP contribution in [0.3, 0.4) is 0 Å². The predicted octanol–water partition coefficient (Wildman–Crippen LogP) is 0.892. The number of sulfonamides is 1. The van der Waals surface area contributed by atoms with E-state index in [4.69, 9.17) is 9.84 Å². The highest BCUT2D eigenvalue weighted by molar-refractivity contribution is 7.89. The Labute approximate surface area is 125 Å². The number of carboxylic acid groups (broad SMARTS) is 1. The molecule has 0 spiro atoms. The summed E-state index contributed by atoms with van der Waals surface area (Å²) >= 11 is 0. The Morgan fingerprint density at radius 1 is 1.33 bits per heavy atom. The molecule has 0 heterocycles. The molecule has 1 fully saturated rings. The first-order chi connectivity index (χ1) is 9.76. The number of carbonyl (C=O) groups is 2. The third kappa shape index (κ3) is 4.67. The quantitative estimate of drug-likeness (QED) is 0.643. The Balaban J connectivity index is 2.86. The lowest BCUT2D eigenvalue weighted by Gasteiger charge is -2.26. The summed E-state index contributed by atoms with van der Waals surface area (Å²) in [4.78, 5) is 23.0. The van der Waals surface area contributed by atoms with Crippen molar-refractivity contribution in [3.63, 3.8) is 0 Å². The van der Waals surface area contributed by atoms with Gasteiger partial charge < -0.3 is 9.84 Å². The van der Waals surface area contributed by atoms with Crippen molar-refractivity contribution in [1.82, 2.24) is 4.72 Å². The van der Waals surface area contributed by atoms with Crippen LogP contribution in [0.5, 0.6) is 0 Å². The van der Waals surface area contributed by atoms with E-state index in [2.05, 4.69) is 4.72 Å². The van der Waals surface area contributed by atoms with E-state index in [1.54, 1.807) is 6.92 Å². The normalized spacial score (nSPS) is 19.1. The Kier molecular flexibility index (Phi) is 6.15. The molecule has 0 aliphatic heterocycles. The van der Waals surface area contributed by atoms with Gasteiger partial charge in [-0.3, -0.25) is 9.59 Å². The van der Waals surface area contributed by atoms with E-state index in [9.17, 15) is 18.0 Å². The molecule has 1 aliphatic carbocycles. The van der Waals surface area contributed by atoms with Gasteiger partial charge in [-0.15, -0.1) is 0 Å². The third-order valence-electron chi connectivity index (χ3n) is 3.84. The van der Waals surface area contributed by atoms with Gasteiger partial charge in [0.1, 0.15) is 6.04 Å². The minimum absolute atomic E-state index is 0.208. The maximum Gasteiger partial charge on any atom is 0.321 e. The average Bonchev–Trinajstić information content (AvgIpc) is 2.85. The topological polar surface area (TPSA) is 110 Å². The molecule has 0 saturated heterocycles. The first-order valence-electron chi connectivity index (χ1n) is 7.07. The average molecular weight is 321 g/mol. The molecule has 0 radical (unpaired) electrons. The highest BCUT2D eigenvalue weighted by Gasteiger charge is 2.46. The van der Waals surface area contributed by atoms with Crippen molar-refractivity contribution in [2.75, 3.05) is 12.9 Å². The third-order valence-corrected chi connectivity index (χ3v) is 5.42. The van der Waals surface area contributed by atoms with Crippen molar-refractivity contribution in [2.45, 2.75) is 51.5 Å². The molecule has 1 aliphatic rings. The number of methoxy groups -OCH3 is 1. The van der Waals surface area contributed by atoms with E-state index >= 15 is 0 Å². The maximum absolute atomic E-state index is 12.2. The summed E-state index contributed by atoms with van der Waals surface area (Å²) in [7, 11) is -2.64. The second-order valence-electron chi connectivity index (χ2n) is 5.54. The number of hydrogen-bond acceptors (Lipinski definition) is 5.